The number of halogens is 1. The monoisotopic (exact) mass is 498 g/mol. The summed E-state index contributed by atoms with van der Waals surface area (Å²) in [6, 6.07) is 17.9. The highest BCUT2D eigenvalue weighted by Crippen LogP contribution is 2.13. The number of nitrogens with zero attached hydrogens (tertiary/aromatic N) is 2. The van der Waals surface area contributed by atoms with Crippen LogP contribution in [-0.2, 0) is 6.54 Å². The maximum atomic E-state index is 5.78. The van der Waals surface area contributed by atoms with Gasteiger partial charge < -0.3 is 25.0 Å². The average molecular weight is 498 g/mol. The summed E-state index contributed by atoms with van der Waals surface area (Å²) in [7, 11) is 5.83. The summed E-state index contributed by atoms with van der Waals surface area (Å²) in [6.45, 7) is 3.48. The van der Waals surface area contributed by atoms with Gasteiger partial charge in [-0.3, -0.25) is 4.99 Å². The molecule has 2 aromatic carbocycles. The van der Waals surface area contributed by atoms with Crippen molar-refractivity contribution in [3.8, 4) is 11.5 Å². The fourth-order valence-electron chi connectivity index (χ4n) is 2.35. The summed E-state index contributed by atoms with van der Waals surface area (Å²) in [4.78, 5) is 6.34. The molecule has 0 spiro atoms. The van der Waals surface area contributed by atoms with Crippen LogP contribution in [0.4, 0.5) is 0 Å². The van der Waals surface area contributed by atoms with Crippen LogP contribution in [0.1, 0.15) is 5.56 Å². The molecular weight excluding hydrogens is 467 g/mol. The first-order valence-electron chi connectivity index (χ1n) is 9.16. The summed E-state index contributed by atoms with van der Waals surface area (Å²) in [5.41, 5.74) is 1.14. The Balaban J connectivity index is 0.00000392. The van der Waals surface area contributed by atoms with E-state index in [1.165, 1.54) is 0 Å². The lowest BCUT2D eigenvalue weighted by atomic mass is 10.2. The van der Waals surface area contributed by atoms with Crippen LogP contribution in [0.25, 0.3) is 0 Å². The molecule has 0 aliphatic rings. The van der Waals surface area contributed by atoms with Gasteiger partial charge in [0.15, 0.2) is 5.96 Å². The molecule has 2 N–H and O–H groups in total. The van der Waals surface area contributed by atoms with Gasteiger partial charge in [0.05, 0.1) is 6.54 Å². The molecule has 2 rings (SSSR count). The summed E-state index contributed by atoms with van der Waals surface area (Å²) < 4.78 is 11.4. The molecule has 28 heavy (non-hydrogen) atoms. The Morgan fingerprint density at radius 3 is 2.36 bits per heavy atom. The van der Waals surface area contributed by atoms with E-state index < -0.39 is 0 Å². The zero-order chi connectivity index (χ0) is 19.3. The highest BCUT2D eigenvalue weighted by molar-refractivity contribution is 14.0. The zero-order valence-electron chi connectivity index (χ0n) is 16.9. The minimum Gasteiger partial charge on any atom is -0.492 e. The van der Waals surface area contributed by atoms with Crippen molar-refractivity contribution in [2.45, 2.75) is 6.54 Å². The summed E-state index contributed by atoms with van der Waals surface area (Å²) in [6.07, 6.45) is 0. The normalized spacial score (nSPS) is 10.9. The van der Waals surface area contributed by atoms with Crippen molar-refractivity contribution in [2.75, 3.05) is 47.4 Å². The van der Waals surface area contributed by atoms with Gasteiger partial charge in [-0.25, -0.2) is 0 Å². The zero-order valence-corrected chi connectivity index (χ0v) is 19.2. The van der Waals surface area contributed by atoms with E-state index in [9.17, 15) is 0 Å². The molecule has 0 unspecified atom stereocenters. The largest absolute Gasteiger partial charge is 0.492 e. The van der Waals surface area contributed by atoms with E-state index in [2.05, 4.69) is 32.7 Å². The van der Waals surface area contributed by atoms with Gasteiger partial charge in [0, 0.05) is 20.1 Å². The first kappa shape index (κ1) is 24.0. The molecule has 154 valence electrons. The quantitative estimate of drug-likeness (QED) is 0.228. The predicted molar refractivity (Wildman–Crippen MR) is 126 cm³/mol. The van der Waals surface area contributed by atoms with Gasteiger partial charge in [-0.2, -0.15) is 0 Å². The van der Waals surface area contributed by atoms with Crippen LogP contribution in [-0.4, -0.2) is 58.3 Å². The summed E-state index contributed by atoms with van der Waals surface area (Å²) in [5, 5.41) is 6.55. The molecule has 0 aliphatic heterocycles. The summed E-state index contributed by atoms with van der Waals surface area (Å²) >= 11 is 0. The fourth-order valence-corrected chi connectivity index (χ4v) is 2.35. The van der Waals surface area contributed by atoms with Crippen LogP contribution in [0.5, 0.6) is 11.5 Å². The minimum absolute atomic E-state index is 0. The smallest absolute Gasteiger partial charge is 0.191 e. The van der Waals surface area contributed by atoms with Crippen molar-refractivity contribution in [2.24, 2.45) is 4.99 Å². The minimum atomic E-state index is 0. The van der Waals surface area contributed by atoms with Crippen LogP contribution in [0, 0.1) is 0 Å². The number of likely N-dealkylation sites (N-methyl/N-ethyl adjacent to an activating group) is 1. The number of ether oxygens (including phenoxy) is 2. The maximum Gasteiger partial charge on any atom is 0.191 e. The molecule has 0 radical (unpaired) electrons. The van der Waals surface area contributed by atoms with Gasteiger partial charge in [-0.15, -0.1) is 24.0 Å². The van der Waals surface area contributed by atoms with Gasteiger partial charge in [0.2, 0.25) is 0 Å². The molecule has 0 saturated heterocycles. The molecule has 0 heterocycles. The Morgan fingerprint density at radius 2 is 1.64 bits per heavy atom. The molecule has 0 aliphatic carbocycles. The molecule has 0 amide bonds. The van der Waals surface area contributed by atoms with Crippen LogP contribution in [0.15, 0.2) is 59.6 Å². The predicted octanol–water partition coefficient (Wildman–Crippen LogP) is 2.99. The topological polar surface area (TPSA) is 58.1 Å². The number of hydrogen-bond acceptors (Lipinski definition) is 4. The Bertz CT molecular complexity index is 696. The molecule has 0 aromatic heterocycles. The Kier molecular flexibility index (Phi) is 12.1. The number of hydrogen-bond donors (Lipinski definition) is 2. The van der Waals surface area contributed by atoms with Gasteiger partial charge in [0.25, 0.3) is 0 Å². The first-order chi connectivity index (χ1) is 13.2. The lowest BCUT2D eigenvalue weighted by Crippen LogP contribution is -2.38. The molecule has 0 bridgehead atoms. The second-order valence-corrected chi connectivity index (χ2v) is 6.31. The molecule has 7 heteroatoms. The van der Waals surface area contributed by atoms with Gasteiger partial charge in [-0.05, 0) is 43.9 Å². The van der Waals surface area contributed by atoms with Crippen molar-refractivity contribution in [1.29, 1.82) is 0 Å². The molecular formula is C21H31IN4O2. The third-order valence-electron chi connectivity index (χ3n) is 3.80. The highest BCUT2D eigenvalue weighted by atomic mass is 127. The Morgan fingerprint density at radius 1 is 0.929 bits per heavy atom. The second kappa shape index (κ2) is 14.1. The van der Waals surface area contributed by atoms with Gasteiger partial charge >= 0.3 is 0 Å². The average Bonchev–Trinajstić information content (AvgIpc) is 2.68. The summed E-state index contributed by atoms with van der Waals surface area (Å²) in [5.74, 6) is 2.49. The van der Waals surface area contributed by atoms with Gasteiger partial charge in [0.1, 0.15) is 24.7 Å². The molecule has 2 aromatic rings. The van der Waals surface area contributed by atoms with E-state index in [0.29, 0.717) is 26.3 Å². The molecule has 0 atom stereocenters. The van der Waals surface area contributed by atoms with E-state index in [1.54, 1.807) is 7.05 Å². The number of benzene rings is 2. The fraction of sp³-hybridized carbons (Fsp3) is 0.381. The Labute approximate surface area is 185 Å². The third kappa shape index (κ3) is 9.80. The number of nitrogens with one attached hydrogen (secondary N) is 2. The van der Waals surface area contributed by atoms with Crippen LogP contribution < -0.4 is 20.1 Å². The van der Waals surface area contributed by atoms with E-state index in [-0.39, 0.29) is 24.0 Å². The number of para-hydroxylation sites is 1. The third-order valence-corrected chi connectivity index (χ3v) is 3.80. The highest BCUT2D eigenvalue weighted by Gasteiger charge is 2.01. The van der Waals surface area contributed by atoms with Crippen molar-refractivity contribution in [1.82, 2.24) is 15.5 Å². The maximum absolute atomic E-state index is 5.78. The van der Waals surface area contributed by atoms with Crippen LogP contribution in [0.2, 0.25) is 0 Å². The Hall–Kier alpha value is -2.00. The van der Waals surface area contributed by atoms with Crippen molar-refractivity contribution in [3.63, 3.8) is 0 Å². The van der Waals surface area contributed by atoms with Crippen molar-refractivity contribution in [3.05, 3.63) is 60.2 Å². The number of guanidine groups is 1. The molecule has 0 fully saturated rings. The standard InChI is InChI=1S/C21H30N4O2.HI/c1-22-21(23-12-14-26-19-9-5-4-6-10-19)24-17-18-8-7-11-20(16-18)27-15-13-25(2)3;/h4-11,16H,12-15,17H2,1-3H3,(H2,22,23,24);1H. The lowest BCUT2D eigenvalue weighted by Gasteiger charge is -2.14. The van der Waals surface area contributed by atoms with E-state index in [0.717, 1.165) is 29.6 Å². The van der Waals surface area contributed by atoms with Crippen molar-refractivity contribution >= 4 is 29.9 Å². The SMILES string of the molecule is CN=C(NCCOc1ccccc1)NCc1cccc(OCCN(C)C)c1.I. The molecule has 0 saturated carbocycles. The number of aliphatic imine (C=N–C) groups is 1. The van der Waals surface area contributed by atoms with E-state index in [1.807, 2.05) is 56.6 Å². The second-order valence-electron chi connectivity index (χ2n) is 6.31. The van der Waals surface area contributed by atoms with Crippen LogP contribution in [0.3, 0.4) is 0 Å². The molecule has 6 nitrogen and oxygen atoms in total. The van der Waals surface area contributed by atoms with Gasteiger partial charge in [-0.1, -0.05) is 30.3 Å². The van der Waals surface area contributed by atoms with Crippen LogP contribution >= 0.6 is 24.0 Å². The van der Waals surface area contributed by atoms with E-state index >= 15 is 0 Å². The number of rotatable bonds is 10. The van der Waals surface area contributed by atoms with E-state index in [4.69, 9.17) is 9.47 Å². The van der Waals surface area contributed by atoms with Crippen molar-refractivity contribution < 1.29 is 9.47 Å². The first-order valence-corrected chi connectivity index (χ1v) is 9.16. The lowest BCUT2D eigenvalue weighted by molar-refractivity contribution is 0.261.